The second kappa shape index (κ2) is 3.81. The van der Waals surface area contributed by atoms with E-state index in [9.17, 15) is 9.59 Å². The Kier molecular flexibility index (Phi) is 2.48. The van der Waals surface area contributed by atoms with Crippen molar-refractivity contribution in [1.29, 1.82) is 0 Å². The number of hydrogen-bond donors (Lipinski definition) is 1. The largest absolute Gasteiger partial charge is 0.451 e. The lowest BCUT2D eigenvalue weighted by Gasteiger charge is -1.94. The fraction of sp³-hybridized carbons (Fsp3) is 0.167. The molecular weight excluding hydrogens is 206 g/mol. The van der Waals surface area contributed by atoms with Crippen LogP contribution in [0.1, 0.15) is 26.5 Å². The number of furan rings is 1. The lowest BCUT2D eigenvalue weighted by atomic mass is 10.1. The summed E-state index contributed by atoms with van der Waals surface area (Å²) < 4.78 is 5.42. The lowest BCUT2D eigenvalue weighted by molar-refractivity contribution is 0.0936. The maximum atomic E-state index is 11.5. The SMILES string of the molecule is CNC(=O)c1oc2ccc(C=O)cc2c1C. The molecule has 0 saturated heterocycles. The molecule has 0 aliphatic heterocycles. The van der Waals surface area contributed by atoms with Gasteiger partial charge in [-0.05, 0) is 25.1 Å². The minimum atomic E-state index is -0.263. The number of hydrogen-bond acceptors (Lipinski definition) is 3. The van der Waals surface area contributed by atoms with E-state index in [4.69, 9.17) is 4.42 Å². The highest BCUT2D eigenvalue weighted by molar-refractivity contribution is 5.99. The average Bonchev–Trinajstić information content (AvgIpc) is 2.65. The van der Waals surface area contributed by atoms with E-state index in [-0.39, 0.29) is 5.91 Å². The molecular formula is C12H11NO3. The van der Waals surface area contributed by atoms with Crippen LogP contribution in [0.25, 0.3) is 11.0 Å². The predicted octanol–water partition coefficient (Wildman–Crippen LogP) is 1.91. The molecule has 0 radical (unpaired) electrons. The van der Waals surface area contributed by atoms with E-state index in [1.807, 2.05) is 0 Å². The van der Waals surface area contributed by atoms with E-state index < -0.39 is 0 Å². The van der Waals surface area contributed by atoms with Crippen molar-refractivity contribution in [2.24, 2.45) is 0 Å². The van der Waals surface area contributed by atoms with Crippen molar-refractivity contribution in [3.05, 3.63) is 35.1 Å². The molecule has 1 aromatic heterocycles. The monoisotopic (exact) mass is 217 g/mol. The molecule has 1 aromatic carbocycles. The molecule has 4 heteroatoms. The molecule has 0 saturated carbocycles. The third-order valence-corrected chi connectivity index (χ3v) is 2.53. The normalized spacial score (nSPS) is 10.4. The first-order valence-electron chi connectivity index (χ1n) is 4.87. The van der Waals surface area contributed by atoms with Crippen LogP contribution in [-0.4, -0.2) is 19.2 Å². The molecule has 1 heterocycles. The fourth-order valence-electron chi connectivity index (χ4n) is 1.64. The summed E-state index contributed by atoms with van der Waals surface area (Å²) in [5.74, 6) is 0.0295. The van der Waals surface area contributed by atoms with Gasteiger partial charge in [0.05, 0.1) is 0 Å². The third kappa shape index (κ3) is 1.48. The number of carbonyl (C=O) groups is 2. The van der Waals surface area contributed by atoms with Crippen molar-refractivity contribution in [2.75, 3.05) is 7.05 Å². The highest BCUT2D eigenvalue weighted by Crippen LogP contribution is 2.25. The Balaban J connectivity index is 2.68. The first kappa shape index (κ1) is 10.4. The zero-order valence-electron chi connectivity index (χ0n) is 9.03. The lowest BCUT2D eigenvalue weighted by Crippen LogP contribution is -2.17. The summed E-state index contributed by atoms with van der Waals surface area (Å²) in [5, 5.41) is 3.30. The van der Waals surface area contributed by atoms with Crippen LogP contribution in [-0.2, 0) is 0 Å². The van der Waals surface area contributed by atoms with Gasteiger partial charge in [0.15, 0.2) is 5.76 Å². The topological polar surface area (TPSA) is 59.3 Å². The Morgan fingerprint density at radius 3 is 2.81 bits per heavy atom. The molecule has 0 aliphatic carbocycles. The summed E-state index contributed by atoms with van der Waals surface area (Å²) in [6.45, 7) is 1.80. The van der Waals surface area contributed by atoms with Gasteiger partial charge in [0.25, 0.3) is 5.91 Å². The molecule has 0 fully saturated rings. The molecule has 16 heavy (non-hydrogen) atoms. The molecule has 0 aliphatic rings. The van der Waals surface area contributed by atoms with Crippen LogP contribution >= 0.6 is 0 Å². The second-order valence-corrected chi connectivity index (χ2v) is 3.51. The first-order chi connectivity index (χ1) is 7.67. The van der Waals surface area contributed by atoms with Crippen LogP contribution in [0.3, 0.4) is 0 Å². The van der Waals surface area contributed by atoms with Gasteiger partial charge in [0, 0.05) is 23.6 Å². The van der Waals surface area contributed by atoms with Crippen molar-refractivity contribution >= 4 is 23.2 Å². The number of nitrogens with one attached hydrogen (secondary N) is 1. The summed E-state index contributed by atoms with van der Waals surface area (Å²) in [4.78, 5) is 22.1. The van der Waals surface area contributed by atoms with Crippen LogP contribution in [0.2, 0.25) is 0 Å². The number of benzene rings is 1. The van der Waals surface area contributed by atoms with Crippen molar-refractivity contribution in [2.45, 2.75) is 6.92 Å². The Bertz CT molecular complexity index is 569. The maximum absolute atomic E-state index is 11.5. The molecule has 0 bridgehead atoms. The minimum Gasteiger partial charge on any atom is -0.451 e. The Morgan fingerprint density at radius 1 is 1.44 bits per heavy atom. The fourth-order valence-corrected chi connectivity index (χ4v) is 1.64. The van der Waals surface area contributed by atoms with Crippen LogP contribution in [0, 0.1) is 6.92 Å². The average molecular weight is 217 g/mol. The van der Waals surface area contributed by atoms with Crippen molar-refractivity contribution in [1.82, 2.24) is 5.32 Å². The molecule has 0 unspecified atom stereocenters. The zero-order valence-corrected chi connectivity index (χ0v) is 9.03. The Hall–Kier alpha value is -2.10. The molecule has 1 amide bonds. The summed E-state index contributed by atoms with van der Waals surface area (Å²) in [5.41, 5.74) is 1.93. The van der Waals surface area contributed by atoms with E-state index in [1.54, 1.807) is 32.2 Å². The molecule has 4 nitrogen and oxygen atoms in total. The Labute approximate surface area is 92.2 Å². The van der Waals surface area contributed by atoms with E-state index in [2.05, 4.69) is 5.32 Å². The number of aldehydes is 1. The number of rotatable bonds is 2. The number of aryl methyl sites for hydroxylation is 1. The summed E-state index contributed by atoms with van der Waals surface area (Å²) in [7, 11) is 1.55. The van der Waals surface area contributed by atoms with Gasteiger partial charge >= 0.3 is 0 Å². The van der Waals surface area contributed by atoms with Crippen LogP contribution in [0.15, 0.2) is 22.6 Å². The quantitative estimate of drug-likeness (QED) is 0.782. The maximum Gasteiger partial charge on any atom is 0.287 e. The van der Waals surface area contributed by atoms with Gasteiger partial charge in [-0.2, -0.15) is 0 Å². The summed E-state index contributed by atoms with van der Waals surface area (Å²) in [6, 6.07) is 5.07. The van der Waals surface area contributed by atoms with Gasteiger partial charge < -0.3 is 9.73 Å². The van der Waals surface area contributed by atoms with E-state index in [1.165, 1.54) is 0 Å². The van der Waals surface area contributed by atoms with E-state index in [0.29, 0.717) is 16.9 Å². The van der Waals surface area contributed by atoms with Crippen LogP contribution < -0.4 is 5.32 Å². The molecule has 0 spiro atoms. The van der Waals surface area contributed by atoms with Gasteiger partial charge in [-0.25, -0.2) is 0 Å². The smallest absolute Gasteiger partial charge is 0.287 e. The van der Waals surface area contributed by atoms with Crippen molar-refractivity contribution in [3.8, 4) is 0 Å². The van der Waals surface area contributed by atoms with Gasteiger partial charge in [0.2, 0.25) is 0 Å². The van der Waals surface area contributed by atoms with Crippen molar-refractivity contribution in [3.63, 3.8) is 0 Å². The van der Waals surface area contributed by atoms with Crippen LogP contribution in [0.4, 0.5) is 0 Å². The van der Waals surface area contributed by atoms with Gasteiger partial charge in [-0.1, -0.05) is 0 Å². The minimum absolute atomic E-state index is 0.263. The van der Waals surface area contributed by atoms with E-state index in [0.717, 1.165) is 17.2 Å². The zero-order chi connectivity index (χ0) is 11.7. The second-order valence-electron chi connectivity index (χ2n) is 3.51. The van der Waals surface area contributed by atoms with Crippen molar-refractivity contribution < 1.29 is 14.0 Å². The molecule has 82 valence electrons. The highest BCUT2D eigenvalue weighted by Gasteiger charge is 2.16. The number of amides is 1. The molecule has 0 atom stereocenters. The number of carbonyl (C=O) groups excluding carboxylic acids is 2. The Morgan fingerprint density at radius 2 is 2.19 bits per heavy atom. The molecule has 2 aromatic rings. The van der Waals surface area contributed by atoms with Gasteiger partial charge in [-0.15, -0.1) is 0 Å². The third-order valence-electron chi connectivity index (χ3n) is 2.53. The first-order valence-corrected chi connectivity index (χ1v) is 4.87. The van der Waals surface area contributed by atoms with Crippen LogP contribution in [0.5, 0.6) is 0 Å². The van der Waals surface area contributed by atoms with Gasteiger partial charge in [-0.3, -0.25) is 9.59 Å². The standard InChI is InChI=1S/C12H11NO3/c1-7-9-5-8(6-14)3-4-10(9)16-11(7)12(15)13-2/h3-6H,1-2H3,(H,13,15). The summed E-state index contributed by atoms with van der Waals surface area (Å²) >= 11 is 0. The number of fused-ring (bicyclic) bond motifs is 1. The molecule has 2 rings (SSSR count). The summed E-state index contributed by atoms with van der Waals surface area (Å²) in [6.07, 6.45) is 0.769. The van der Waals surface area contributed by atoms with E-state index >= 15 is 0 Å². The predicted molar refractivity (Wildman–Crippen MR) is 59.7 cm³/mol. The highest BCUT2D eigenvalue weighted by atomic mass is 16.3. The molecule has 1 N–H and O–H groups in total. The van der Waals surface area contributed by atoms with Gasteiger partial charge in [0.1, 0.15) is 11.9 Å².